The van der Waals surface area contributed by atoms with Gasteiger partial charge in [0.05, 0.1) is 6.04 Å². The van der Waals surface area contributed by atoms with Crippen molar-refractivity contribution < 1.29 is 14.4 Å². The number of imidazole rings is 1. The summed E-state index contributed by atoms with van der Waals surface area (Å²) in [4.78, 5) is 53.5. The summed E-state index contributed by atoms with van der Waals surface area (Å²) in [7, 11) is 1.75. The predicted octanol–water partition coefficient (Wildman–Crippen LogP) is 3.08. The minimum Gasteiger partial charge on any atom is -0.343 e. The fraction of sp³-hybridized carbons (Fsp3) is 0.531. The van der Waals surface area contributed by atoms with E-state index in [4.69, 9.17) is 0 Å². The molecule has 2 aliphatic rings. The van der Waals surface area contributed by atoms with E-state index in [1.807, 2.05) is 41.1 Å². The van der Waals surface area contributed by atoms with Gasteiger partial charge < -0.3 is 20.4 Å². The first-order valence-electron chi connectivity index (χ1n) is 15.4. The third kappa shape index (κ3) is 6.98. The molecule has 3 amide bonds. The summed E-state index contributed by atoms with van der Waals surface area (Å²) in [6.07, 6.45) is 12.8. The molecule has 1 aliphatic carbocycles. The van der Waals surface area contributed by atoms with Gasteiger partial charge in [-0.15, -0.1) is 0 Å². The van der Waals surface area contributed by atoms with Gasteiger partial charge in [-0.05, 0) is 63.6 Å². The van der Waals surface area contributed by atoms with Crippen LogP contribution in [-0.4, -0.2) is 86.7 Å². The zero-order valence-corrected chi connectivity index (χ0v) is 24.7. The molecule has 1 saturated heterocycles. The lowest BCUT2D eigenvalue weighted by molar-refractivity contribution is -0.139. The summed E-state index contributed by atoms with van der Waals surface area (Å²) in [5.74, 6) is 0.256. The number of nitrogens with one attached hydrogen (secondary N) is 2. The van der Waals surface area contributed by atoms with Crippen molar-refractivity contribution in [3.05, 3.63) is 66.2 Å². The number of nitrogens with zero attached hydrogens (tertiary/aromatic N) is 5. The molecule has 3 atom stereocenters. The zero-order valence-electron chi connectivity index (χ0n) is 24.7. The molecule has 1 saturated carbocycles. The smallest absolute Gasteiger partial charge is 0.274 e. The van der Waals surface area contributed by atoms with Crippen LogP contribution < -0.4 is 10.6 Å². The van der Waals surface area contributed by atoms with Crippen molar-refractivity contribution in [1.82, 2.24) is 34.8 Å². The average molecular weight is 574 g/mol. The van der Waals surface area contributed by atoms with E-state index in [9.17, 15) is 14.4 Å². The second-order valence-corrected chi connectivity index (χ2v) is 11.7. The molecule has 3 aromatic rings. The number of likely N-dealkylation sites (tertiary alicyclic amines) is 1. The fourth-order valence-electron chi connectivity index (χ4n) is 6.29. The summed E-state index contributed by atoms with van der Waals surface area (Å²) in [5, 5.41) is 6.09. The van der Waals surface area contributed by atoms with Gasteiger partial charge in [-0.25, -0.2) is 9.97 Å². The number of carbonyl (C=O) groups is 3. The second-order valence-electron chi connectivity index (χ2n) is 11.7. The van der Waals surface area contributed by atoms with Crippen molar-refractivity contribution in [1.29, 1.82) is 0 Å². The van der Waals surface area contributed by atoms with E-state index in [2.05, 4.69) is 32.7 Å². The van der Waals surface area contributed by atoms with Crippen molar-refractivity contribution in [2.75, 3.05) is 26.7 Å². The van der Waals surface area contributed by atoms with Crippen LogP contribution in [0.15, 0.2) is 55.0 Å². The van der Waals surface area contributed by atoms with Gasteiger partial charge in [-0.1, -0.05) is 49.6 Å². The molecule has 1 aliphatic heterocycles. The minimum absolute atomic E-state index is 0.0200. The highest BCUT2D eigenvalue weighted by Gasteiger charge is 2.39. The molecule has 3 unspecified atom stereocenters. The highest BCUT2D eigenvalue weighted by atomic mass is 16.2. The Kier molecular flexibility index (Phi) is 9.84. The topological polar surface area (TPSA) is 112 Å². The number of likely N-dealkylation sites (N-methyl/N-ethyl adjacent to an activating group) is 1. The number of fused-ring (bicyclic) bond motifs is 1. The van der Waals surface area contributed by atoms with Crippen molar-refractivity contribution in [3.8, 4) is 0 Å². The Morgan fingerprint density at radius 2 is 1.83 bits per heavy atom. The number of hydrogen-bond acceptors (Lipinski definition) is 6. The van der Waals surface area contributed by atoms with Crippen LogP contribution in [0.3, 0.4) is 0 Å². The van der Waals surface area contributed by atoms with Crippen LogP contribution in [0.25, 0.3) is 5.78 Å². The first-order valence-corrected chi connectivity index (χ1v) is 15.4. The molecule has 10 heteroatoms. The number of amides is 3. The van der Waals surface area contributed by atoms with Crippen LogP contribution in [0.1, 0.15) is 67.9 Å². The lowest BCUT2D eigenvalue weighted by Crippen LogP contribution is -2.57. The molecular weight excluding hydrogens is 530 g/mol. The molecule has 0 radical (unpaired) electrons. The van der Waals surface area contributed by atoms with Crippen molar-refractivity contribution in [3.63, 3.8) is 0 Å². The number of carbonyl (C=O) groups excluding carboxylic acids is 3. The Balaban J connectivity index is 1.36. The van der Waals surface area contributed by atoms with Gasteiger partial charge >= 0.3 is 0 Å². The normalized spacial score (nSPS) is 19.0. The Morgan fingerprint density at radius 1 is 1.05 bits per heavy atom. The number of hydrogen-bond donors (Lipinski definition) is 2. The van der Waals surface area contributed by atoms with Gasteiger partial charge in [-0.2, -0.15) is 0 Å². The summed E-state index contributed by atoms with van der Waals surface area (Å²) in [6.45, 7) is 3.35. The van der Waals surface area contributed by atoms with Gasteiger partial charge in [0, 0.05) is 44.3 Å². The number of benzene rings is 1. The molecule has 2 aromatic heterocycles. The quantitative estimate of drug-likeness (QED) is 0.365. The van der Waals surface area contributed by atoms with Crippen molar-refractivity contribution >= 4 is 23.5 Å². The summed E-state index contributed by atoms with van der Waals surface area (Å²) >= 11 is 0. The molecule has 0 bridgehead atoms. The molecule has 3 heterocycles. The SMILES string of the molecule is CNC(C)C(=O)NC(C(=O)N1CCCC1CN(CCc1ccccc1)C(=O)c1cn2cccnc2n1)C1CCCCC1. The standard InChI is InChI=1S/C32H43N7O3/c1-23(33-2)29(40)36-28(25-13-7-4-8-14-25)31(42)39-19-9-15-26(39)21-37(20-16-24-11-5-3-6-12-24)30(41)27-22-38-18-10-17-34-32(38)35-27/h3,5-6,10-12,17-18,22-23,25-26,28,33H,4,7-9,13-16,19-21H2,1-2H3,(H,36,40). The zero-order chi connectivity index (χ0) is 29.5. The third-order valence-electron chi connectivity index (χ3n) is 8.86. The highest BCUT2D eigenvalue weighted by Crippen LogP contribution is 2.30. The van der Waals surface area contributed by atoms with Gasteiger partial charge in [-0.3, -0.25) is 18.8 Å². The predicted molar refractivity (Wildman–Crippen MR) is 161 cm³/mol. The van der Waals surface area contributed by atoms with E-state index >= 15 is 0 Å². The minimum atomic E-state index is -0.549. The molecular formula is C32H43N7O3. The van der Waals surface area contributed by atoms with Gasteiger partial charge in [0.1, 0.15) is 11.7 Å². The molecule has 224 valence electrons. The van der Waals surface area contributed by atoms with E-state index < -0.39 is 6.04 Å². The van der Waals surface area contributed by atoms with E-state index in [0.29, 0.717) is 37.5 Å². The van der Waals surface area contributed by atoms with Crippen molar-refractivity contribution in [2.24, 2.45) is 5.92 Å². The Bertz CT molecular complexity index is 1320. The Morgan fingerprint density at radius 3 is 2.57 bits per heavy atom. The second kappa shape index (κ2) is 13.9. The van der Waals surface area contributed by atoms with Crippen LogP contribution in [0.4, 0.5) is 0 Å². The highest BCUT2D eigenvalue weighted by molar-refractivity contribution is 5.93. The molecule has 1 aromatic carbocycles. The molecule has 5 rings (SSSR count). The van der Waals surface area contributed by atoms with E-state index in [0.717, 1.165) is 44.1 Å². The fourth-order valence-corrected chi connectivity index (χ4v) is 6.29. The van der Waals surface area contributed by atoms with E-state index in [1.165, 1.54) is 6.42 Å². The maximum Gasteiger partial charge on any atom is 0.274 e. The maximum absolute atomic E-state index is 14.2. The Hall–Kier alpha value is -3.79. The molecule has 0 spiro atoms. The number of aromatic nitrogens is 3. The van der Waals surface area contributed by atoms with Crippen LogP contribution in [0, 0.1) is 5.92 Å². The summed E-state index contributed by atoms with van der Waals surface area (Å²) in [5.41, 5.74) is 1.48. The average Bonchev–Trinajstić information content (AvgIpc) is 3.69. The van der Waals surface area contributed by atoms with E-state index in [1.54, 1.807) is 29.9 Å². The lowest BCUT2D eigenvalue weighted by Gasteiger charge is -2.37. The first-order chi connectivity index (χ1) is 20.4. The first kappa shape index (κ1) is 29.7. The summed E-state index contributed by atoms with van der Waals surface area (Å²) < 4.78 is 1.75. The summed E-state index contributed by atoms with van der Waals surface area (Å²) in [6, 6.07) is 10.9. The molecule has 10 nitrogen and oxygen atoms in total. The van der Waals surface area contributed by atoms with Gasteiger partial charge in [0.2, 0.25) is 17.6 Å². The molecule has 42 heavy (non-hydrogen) atoms. The monoisotopic (exact) mass is 573 g/mol. The van der Waals surface area contributed by atoms with Crippen LogP contribution >= 0.6 is 0 Å². The maximum atomic E-state index is 14.2. The molecule has 2 fully saturated rings. The number of rotatable bonds is 11. The Labute approximate surface area is 247 Å². The van der Waals surface area contributed by atoms with Gasteiger partial charge in [0.25, 0.3) is 5.91 Å². The molecule has 2 N–H and O–H groups in total. The lowest BCUT2D eigenvalue weighted by atomic mass is 9.83. The van der Waals surface area contributed by atoms with Gasteiger partial charge in [0.15, 0.2) is 0 Å². The largest absolute Gasteiger partial charge is 0.343 e. The van der Waals surface area contributed by atoms with E-state index in [-0.39, 0.29) is 35.7 Å². The van der Waals surface area contributed by atoms with Crippen molar-refractivity contribution in [2.45, 2.75) is 76.4 Å². The van der Waals surface area contributed by atoms with Crippen LogP contribution in [0.2, 0.25) is 0 Å². The van der Waals surface area contributed by atoms with Crippen LogP contribution in [-0.2, 0) is 16.0 Å². The third-order valence-corrected chi connectivity index (χ3v) is 8.86. The van der Waals surface area contributed by atoms with Crippen LogP contribution in [0.5, 0.6) is 0 Å².